The van der Waals surface area contributed by atoms with Crippen molar-refractivity contribution in [3.05, 3.63) is 29.6 Å². The molecule has 6 nitrogen and oxygen atoms in total. The lowest BCUT2D eigenvalue weighted by atomic mass is 10.1. The summed E-state index contributed by atoms with van der Waals surface area (Å²) >= 11 is 1.98. The highest BCUT2D eigenvalue weighted by molar-refractivity contribution is 7.97. The number of alkyl halides is 3. The minimum absolute atomic E-state index is 0.127. The molecule has 1 aliphatic heterocycles. The first-order valence-corrected chi connectivity index (χ1v) is 12.0. The van der Waals surface area contributed by atoms with Crippen LogP contribution in [0.5, 0.6) is 0 Å². The van der Waals surface area contributed by atoms with Gasteiger partial charge in [-0.1, -0.05) is 11.9 Å². The zero-order chi connectivity index (χ0) is 22.6. The maximum absolute atomic E-state index is 13.3. The first-order valence-electron chi connectivity index (χ1n) is 11.1. The molecule has 0 radical (unpaired) electrons. The Kier molecular flexibility index (Phi) is 5.66. The summed E-state index contributed by atoms with van der Waals surface area (Å²) in [6.45, 7) is 7.69. The zero-order valence-electron chi connectivity index (χ0n) is 18.2. The Labute approximate surface area is 189 Å². The lowest BCUT2D eigenvalue weighted by Crippen LogP contribution is -2.32. The van der Waals surface area contributed by atoms with E-state index < -0.39 is 17.6 Å². The van der Waals surface area contributed by atoms with Crippen molar-refractivity contribution in [2.45, 2.75) is 50.1 Å². The average molecular weight is 468 g/mol. The van der Waals surface area contributed by atoms with E-state index in [1.54, 1.807) is 0 Å². The van der Waals surface area contributed by atoms with Crippen LogP contribution in [0.2, 0.25) is 0 Å². The second-order valence-electron chi connectivity index (χ2n) is 9.24. The lowest BCUT2D eigenvalue weighted by molar-refractivity contribution is -0.137. The third-order valence-corrected chi connectivity index (χ3v) is 8.13. The molecule has 0 amide bonds. The molecule has 2 atom stereocenters. The summed E-state index contributed by atoms with van der Waals surface area (Å²) in [4.78, 5) is 3.78. The molecule has 174 valence electrons. The molecule has 0 aromatic carbocycles. The number of nitrogens with two attached hydrogens (primary N) is 1. The SMILES string of the molecule is CC(C)n1nc(-c2cnc(N)c(C(F)(F)F)c2)cc1C1C2CC(SN3CCOCC3)CC21. The van der Waals surface area contributed by atoms with Gasteiger partial charge in [0.2, 0.25) is 0 Å². The van der Waals surface area contributed by atoms with Crippen LogP contribution in [0.4, 0.5) is 19.0 Å². The second-order valence-corrected chi connectivity index (χ2v) is 10.6. The van der Waals surface area contributed by atoms with Crippen LogP contribution in [-0.2, 0) is 10.9 Å². The Balaban J connectivity index is 1.34. The number of fused-ring (bicyclic) bond motifs is 1. The van der Waals surface area contributed by atoms with E-state index in [2.05, 4.69) is 28.2 Å². The van der Waals surface area contributed by atoms with Crippen molar-refractivity contribution in [3.8, 4) is 11.3 Å². The Morgan fingerprint density at radius 1 is 1.16 bits per heavy atom. The fourth-order valence-corrected chi connectivity index (χ4v) is 6.63. The monoisotopic (exact) mass is 467 g/mol. The molecule has 2 unspecified atom stereocenters. The fraction of sp³-hybridized carbons (Fsp3) is 0.636. The highest BCUT2D eigenvalue weighted by atomic mass is 32.2. The molecular formula is C22H28F3N5OS. The van der Waals surface area contributed by atoms with Gasteiger partial charge in [0.05, 0.1) is 24.5 Å². The standard InChI is InChI=1S/C22H28F3N5OS/c1-12(2)30-19(10-18(28-30)13-7-17(22(23,24)25)21(26)27-11-13)20-15-8-14(9-16(15)20)32-29-3-5-31-6-4-29/h7,10-12,14-16,20H,3-6,8-9H2,1-2H3,(H2,26,27). The maximum Gasteiger partial charge on any atom is 0.419 e. The van der Waals surface area contributed by atoms with Crippen LogP contribution in [0.15, 0.2) is 18.3 Å². The summed E-state index contributed by atoms with van der Waals surface area (Å²) in [5, 5.41) is 5.32. The van der Waals surface area contributed by atoms with Crippen molar-refractivity contribution in [2.75, 3.05) is 32.0 Å². The van der Waals surface area contributed by atoms with Crippen molar-refractivity contribution in [2.24, 2.45) is 11.8 Å². The summed E-state index contributed by atoms with van der Waals surface area (Å²) in [5.74, 6) is 1.19. The number of nitrogens with zero attached hydrogens (tertiary/aromatic N) is 4. The van der Waals surface area contributed by atoms with Crippen molar-refractivity contribution < 1.29 is 17.9 Å². The zero-order valence-corrected chi connectivity index (χ0v) is 19.0. The topological polar surface area (TPSA) is 69.2 Å². The summed E-state index contributed by atoms with van der Waals surface area (Å²) < 4.78 is 49.7. The van der Waals surface area contributed by atoms with E-state index in [9.17, 15) is 13.2 Å². The van der Waals surface area contributed by atoms with E-state index >= 15 is 0 Å². The molecule has 0 bridgehead atoms. The third kappa shape index (κ3) is 4.12. The number of hydrogen-bond acceptors (Lipinski definition) is 6. The number of aromatic nitrogens is 3. The number of hydrogen-bond donors (Lipinski definition) is 1. The molecule has 5 rings (SSSR count). The van der Waals surface area contributed by atoms with E-state index in [0.717, 1.165) is 38.1 Å². The van der Waals surface area contributed by atoms with Crippen molar-refractivity contribution in [1.82, 2.24) is 19.1 Å². The number of pyridine rings is 1. The molecule has 2 aromatic heterocycles. The summed E-state index contributed by atoms with van der Waals surface area (Å²) in [6.07, 6.45) is -0.809. The van der Waals surface area contributed by atoms with Crippen LogP contribution in [0.3, 0.4) is 0 Å². The predicted molar refractivity (Wildman–Crippen MR) is 118 cm³/mol. The largest absolute Gasteiger partial charge is 0.419 e. The van der Waals surface area contributed by atoms with Gasteiger partial charge >= 0.3 is 6.18 Å². The van der Waals surface area contributed by atoms with Crippen LogP contribution < -0.4 is 5.73 Å². The molecule has 3 heterocycles. The third-order valence-electron chi connectivity index (χ3n) is 6.78. The van der Waals surface area contributed by atoms with Crippen molar-refractivity contribution in [3.63, 3.8) is 0 Å². The van der Waals surface area contributed by atoms with Crippen LogP contribution in [0.1, 0.15) is 49.9 Å². The van der Waals surface area contributed by atoms with E-state index in [4.69, 9.17) is 10.5 Å². The molecule has 3 aliphatic rings. The van der Waals surface area contributed by atoms with Crippen LogP contribution in [0, 0.1) is 11.8 Å². The molecule has 10 heteroatoms. The molecule has 2 aromatic rings. The highest BCUT2D eigenvalue weighted by Crippen LogP contribution is 2.65. The maximum atomic E-state index is 13.3. The number of anilines is 1. The number of rotatable bonds is 5. The summed E-state index contributed by atoms with van der Waals surface area (Å²) in [6, 6.07) is 3.14. The molecule has 2 saturated carbocycles. The van der Waals surface area contributed by atoms with Gasteiger partial charge in [0.25, 0.3) is 0 Å². The van der Waals surface area contributed by atoms with E-state index in [0.29, 0.717) is 34.3 Å². The van der Waals surface area contributed by atoms with Crippen LogP contribution >= 0.6 is 11.9 Å². The first-order chi connectivity index (χ1) is 15.2. The van der Waals surface area contributed by atoms with Gasteiger partial charge < -0.3 is 10.5 Å². The Morgan fingerprint density at radius 2 is 1.84 bits per heavy atom. The average Bonchev–Trinajstić information content (AvgIpc) is 3.07. The second kappa shape index (κ2) is 8.22. The van der Waals surface area contributed by atoms with E-state index in [-0.39, 0.29) is 6.04 Å². The molecule has 0 spiro atoms. The highest BCUT2D eigenvalue weighted by Gasteiger charge is 2.58. The van der Waals surface area contributed by atoms with E-state index in [1.807, 2.05) is 22.7 Å². The minimum atomic E-state index is -4.54. The van der Waals surface area contributed by atoms with Gasteiger partial charge in [-0.25, -0.2) is 9.29 Å². The molecule has 3 fully saturated rings. The van der Waals surface area contributed by atoms with Crippen molar-refractivity contribution in [1.29, 1.82) is 0 Å². The van der Waals surface area contributed by atoms with Crippen molar-refractivity contribution >= 4 is 17.8 Å². The quantitative estimate of drug-likeness (QED) is 0.649. The number of halogens is 3. The van der Waals surface area contributed by atoms with Crippen LogP contribution in [0.25, 0.3) is 11.3 Å². The van der Waals surface area contributed by atoms with Gasteiger partial charge in [-0.05, 0) is 50.7 Å². The van der Waals surface area contributed by atoms with E-state index in [1.165, 1.54) is 19.0 Å². The number of ether oxygens (including phenoxy) is 1. The van der Waals surface area contributed by atoms with Gasteiger partial charge in [-0.2, -0.15) is 18.3 Å². The Morgan fingerprint density at radius 3 is 2.47 bits per heavy atom. The molecular weight excluding hydrogens is 439 g/mol. The van der Waals surface area contributed by atoms with Gasteiger partial charge in [0, 0.05) is 47.8 Å². The van der Waals surface area contributed by atoms with Gasteiger partial charge in [0.15, 0.2) is 0 Å². The smallest absolute Gasteiger partial charge is 0.383 e. The molecule has 32 heavy (non-hydrogen) atoms. The molecule has 2 aliphatic carbocycles. The predicted octanol–water partition coefficient (Wildman–Crippen LogP) is 4.60. The number of nitrogen functional groups attached to an aromatic ring is 1. The number of morpholine rings is 1. The van der Waals surface area contributed by atoms with Gasteiger partial charge in [0.1, 0.15) is 5.82 Å². The first kappa shape index (κ1) is 22.0. The lowest BCUT2D eigenvalue weighted by Gasteiger charge is -2.28. The normalized spacial score (nSPS) is 28.3. The minimum Gasteiger partial charge on any atom is -0.383 e. The fourth-order valence-electron chi connectivity index (χ4n) is 5.23. The van der Waals surface area contributed by atoms with Gasteiger partial charge in [-0.3, -0.25) is 4.68 Å². The Hall–Kier alpha value is -1.78. The van der Waals surface area contributed by atoms with Gasteiger partial charge in [-0.15, -0.1) is 0 Å². The molecule has 2 N–H and O–H groups in total. The summed E-state index contributed by atoms with van der Waals surface area (Å²) in [7, 11) is 0. The van der Waals surface area contributed by atoms with Crippen LogP contribution in [-0.4, -0.2) is 50.6 Å². The summed E-state index contributed by atoms with van der Waals surface area (Å²) in [5.41, 5.74) is 6.55. The molecule has 1 saturated heterocycles. The Bertz CT molecular complexity index is 976.